The van der Waals surface area contributed by atoms with E-state index in [0.29, 0.717) is 11.3 Å². The Kier molecular flexibility index (Phi) is 4.38. The summed E-state index contributed by atoms with van der Waals surface area (Å²) in [5.41, 5.74) is 1.24. The molecule has 0 saturated heterocycles. The van der Waals surface area contributed by atoms with Crippen LogP contribution in [0.1, 0.15) is 21.5 Å². The van der Waals surface area contributed by atoms with Crippen LogP contribution in [-0.4, -0.2) is 11.1 Å². The molecule has 0 fully saturated rings. The number of hydrogen-bond donors (Lipinski definition) is 1. The number of carboxylic acid groups (broad SMARTS) is 1. The lowest BCUT2D eigenvalue weighted by molar-refractivity contribution is 0.0696. The van der Waals surface area contributed by atoms with Gasteiger partial charge in [0.2, 0.25) is 0 Å². The highest BCUT2D eigenvalue weighted by Gasteiger charge is 2.07. The molecule has 0 aliphatic carbocycles. The third-order valence-electron chi connectivity index (χ3n) is 2.67. The monoisotopic (exact) mass is 287 g/mol. The van der Waals surface area contributed by atoms with Crippen molar-refractivity contribution in [2.24, 2.45) is 0 Å². The average molecular weight is 287 g/mol. The molecule has 3 nitrogen and oxygen atoms in total. The van der Waals surface area contributed by atoms with Crippen LogP contribution in [-0.2, 0) is 5.75 Å². The summed E-state index contributed by atoms with van der Waals surface area (Å²) in [4.78, 5) is 11.7. The van der Waals surface area contributed by atoms with Gasteiger partial charge in [-0.25, -0.2) is 9.18 Å². The highest BCUT2D eigenvalue weighted by atomic mass is 32.2. The van der Waals surface area contributed by atoms with Gasteiger partial charge in [-0.1, -0.05) is 12.1 Å². The molecule has 0 amide bonds. The molecule has 2 rings (SSSR count). The van der Waals surface area contributed by atoms with E-state index in [4.69, 9.17) is 10.4 Å². The molecule has 0 spiro atoms. The van der Waals surface area contributed by atoms with Crippen molar-refractivity contribution in [1.82, 2.24) is 0 Å². The molecule has 0 heterocycles. The summed E-state index contributed by atoms with van der Waals surface area (Å²) in [6.07, 6.45) is 0. The number of nitrogens with zero attached hydrogens (tertiary/aromatic N) is 1. The van der Waals surface area contributed by atoms with E-state index < -0.39 is 11.8 Å². The summed E-state index contributed by atoms with van der Waals surface area (Å²) in [7, 11) is 0. The van der Waals surface area contributed by atoms with Crippen molar-refractivity contribution in [1.29, 1.82) is 5.26 Å². The summed E-state index contributed by atoms with van der Waals surface area (Å²) < 4.78 is 13.0. The van der Waals surface area contributed by atoms with Gasteiger partial charge < -0.3 is 5.11 Å². The number of carboxylic acids is 1. The minimum atomic E-state index is -0.980. The van der Waals surface area contributed by atoms with E-state index in [1.165, 1.54) is 30.0 Å². The van der Waals surface area contributed by atoms with Gasteiger partial charge in [0.05, 0.1) is 17.2 Å². The number of rotatable bonds is 4. The van der Waals surface area contributed by atoms with Gasteiger partial charge in [0.15, 0.2) is 0 Å². The van der Waals surface area contributed by atoms with Gasteiger partial charge in [0.1, 0.15) is 5.82 Å². The van der Waals surface area contributed by atoms with Gasteiger partial charge in [-0.3, -0.25) is 0 Å². The van der Waals surface area contributed by atoms with Crippen LogP contribution in [0.3, 0.4) is 0 Å². The Labute approximate surface area is 119 Å². The van der Waals surface area contributed by atoms with Crippen LogP contribution < -0.4 is 0 Å². The number of aromatic carboxylic acids is 1. The van der Waals surface area contributed by atoms with Crippen molar-refractivity contribution in [2.45, 2.75) is 10.6 Å². The van der Waals surface area contributed by atoms with Gasteiger partial charge in [-0.15, -0.1) is 11.8 Å². The van der Waals surface area contributed by atoms with Crippen molar-refractivity contribution in [3.63, 3.8) is 0 Å². The van der Waals surface area contributed by atoms with Gasteiger partial charge in [-0.05, 0) is 35.9 Å². The quantitative estimate of drug-likeness (QED) is 0.871. The van der Waals surface area contributed by atoms with Crippen LogP contribution >= 0.6 is 11.8 Å². The Hall–Kier alpha value is -2.32. The number of nitriles is 1. The predicted molar refractivity (Wildman–Crippen MR) is 74.1 cm³/mol. The molecule has 0 unspecified atom stereocenters. The number of hydrogen-bond acceptors (Lipinski definition) is 3. The van der Waals surface area contributed by atoms with Crippen molar-refractivity contribution in [2.75, 3.05) is 0 Å². The molecular formula is C15H10FNO2S. The predicted octanol–water partition coefficient (Wildman–Crippen LogP) is 3.69. The van der Waals surface area contributed by atoms with Crippen LogP contribution in [0.2, 0.25) is 0 Å². The normalized spacial score (nSPS) is 10.0. The van der Waals surface area contributed by atoms with Crippen LogP contribution in [0.25, 0.3) is 0 Å². The Balaban J connectivity index is 2.15. The molecule has 0 radical (unpaired) electrons. The second-order valence-electron chi connectivity index (χ2n) is 4.03. The maximum absolute atomic E-state index is 13.0. The summed E-state index contributed by atoms with van der Waals surface area (Å²) in [5, 5.41) is 17.9. The summed E-state index contributed by atoms with van der Waals surface area (Å²) in [5.74, 6) is -0.943. The third-order valence-corrected chi connectivity index (χ3v) is 3.71. The zero-order valence-corrected chi connectivity index (χ0v) is 11.2. The molecule has 2 aromatic carbocycles. The third kappa shape index (κ3) is 3.37. The summed E-state index contributed by atoms with van der Waals surface area (Å²) in [6.45, 7) is 0. The first kappa shape index (κ1) is 14.1. The van der Waals surface area contributed by atoms with Crippen LogP contribution in [0, 0.1) is 17.1 Å². The highest BCUT2D eigenvalue weighted by Crippen LogP contribution is 2.25. The second kappa shape index (κ2) is 6.22. The molecule has 0 aliphatic heterocycles. The van der Waals surface area contributed by atoms with E-state index in [1.54, 1.807) is 24.3 Å². The fourth-order valence-electron chi connectivity index (χ4n) is 1.66. The van der Waals surface area contributed by atoms with Crippen molar-refractivity contribution >= 4 is 17.7 Å². The molecule has 1 N–H and O–H groups in total. The topological polar surface area (TPSA) is 61.1 Å². The lowest BCUT2D eigenvalue weighted by Gasteiger charge is -2.05. The van der Waals surface area contributed by atoms with Crippen LogP contribution in [0.15, 0.2) is 47.4 Å². The van der Waals surface area contributed by atoms with Crippen LogP contribution in [0.5, 0.6) is 0 Å². The standard InChI is InChI=1S/C15H10FNO2S/c16-13-5-4-11(12(6-13)8-17)9-20-14-3-1-2-10(7-14)15(18)19/h1-7H,9H2,(H,18,19). The molecule has 2 aromatic rings. The number of thioether (sulfide) groups is 1. The number of halogens is 1. The maximum atomic E-state index is 13.0. The first-order valence-corrected chi connectivity index (χ1v) is 6.73. The molecule has 20 heavy (non-hydrogen) atoms. The number of benzene rings is 2. The van der Waals surface area contributed by atoms with Gasteiger partial charge in [-0.2, -0.15) is 5.26 Å². The smallest absolute Gasteiger partial charge is 0.335 e. The molecule has 0 aromatic heterocycles. The fraction of sp³-hybridized carbons (Fsp3) is 0.0667. The molecular weight excluding hydrogens is 277 g/mol. The van der Waals surface area contributed by atoms with E-state index in [-0.39, 0.29) is 5.56 Å². The van der Waals surface area contributed by atoms with Crippen molar-refractivity contribution < 1.29 is 14.3 Å². The summed E-state index contributed by atoms with van der Waals surface area (Å²) >= 11 is 1.40. The van der Waals surface area contributed by atoms with Gasteiger partial charge in [0.25, 0.3) is 0 Å². The Morgan fingerprint density at radius 3 is 2.80 bits per heavy atom. The highest BCUT2D eigenvalue weighted by molar-refractivity contribution is 7.98. The zero-order valence-electron chi connectivity index (χ0n) is 10.3. The lowest BCUT2D eigenvalue weighted by Crippen LogP contribution is -1.95. The maximum Gasteiger partial charge on any atom is 0.335 e. The first-order chi connectivity index (χ1) is 9.60. The van der Waals surface area contributed by atoms with E-state index in [0.717, 1.165) is 10.5 Å². The summed E-state index contributed by atoms with van der Waals surface area (Å²) in [6, 6.07) is 12.6. The molecule has 0 atom stereocenters. The van der Waals surface area contributed by atoms with E-state index >= 15 is 0 Å². The van der Waals surface area contributed by atoms with Gasteiger partial charge >= 0.3 is 5.97 Å². The van der Waals surface area contributed by atoms with Crippen LogP contribution in [0.4, 0.5) is 4.39 Å². The SMILES string of the molecule is N#Cc1cc(F)ccc1CSc1cccc(C(=O)O)c1. The van der Waals surface area contributed by atoms with Gasteiger partial charge in [0, 0.05) is 10.6 Å². The van der Waals surface area contributed by atoms with E-state index in [9.17, 15) is 9.18 Å². The Bertz CT molecular complexity index is 695. The number of carbonyl (C=O) groups is 1. The van der Waals surface area contributed by atoms with E-state index in [1.807, 2.05) is 6.07 Å². The molecule has 0 saturated carbocycles. The second-order valence-corrected chi connectivity index (χ2v) is 5.08. The minimum absolute atomic E-state index is 0.217. The minimum Gasteiger partial charge on any atom is -0.478 e. The fourth-order valence-corrected chi connectivity index (χ4v) is 2.62. The zero-order chi connectivity index (χ0) is 14.5. The van der Waals surface area contributed by atoms with E-state index in [2.05, 4.69) is 0 Å². The first-order valence-electron chi connectivity index (χ1n) is 5.75. The van der Waals surface area contributed by atoms with Crippen molar-refractivity contribution in [3.8, 4) is 6.07 Å². The molecule has 0 aliphatic rings. The van der Waals surface area contributed by atoms with Crippen molar-refractivity contribution in [3.05, 3.63) is 65.0 Å². The molecule has 5 heteroatoms. The Morgan fingerprint density at radius 1 is 1.30 bits per heavy atom. The average Bonchev–Trinajstić information content (AvgIpc) is 2.46. The largest absolute Gasteiger partial charge is 0.478 e. The molecule has 100 valence electrons. The Morgan fingerprint density at radius 2 is 2.10 bits per heavy atom. The molecule has 0 bridgehead atoms. The lowest BCUT2D eigenvalue weighted by atomic mass is 10.1.